The van der Waals surface area contributed by atoms with Crippen molar-refractivity contribution in [1.82, 2.24) is 18.5 Å². The first-order chi connectivity index (χ1) is 13.2. The van der Waals surface area contributed by atoms with Crippen LogP contribution in [0.4, 0.5) is 8.78 Å². The molecule has 0 aliphatic heterocycles. The maximum atomic E-state index is 14.5. The first kappa shape index (κ1) is 19.2. The summed E-state index contributed by atoms with van der Waals surface area (Å²) in [5.74, 6) is -1.50. The van der Waals surface area contributed by atoms with Crippen LogP contribution in [-0.2, 0) is 10.2 Å². The van der Waals surface area contributed by atoms with E-state index in [0.717, 1.165) is 24.1 Å². The lowest BCUT2D eigenvalue weighted by atomic mass is 10.0. The summed E-state index contributed by atoms with van der Waals surface area (Å²) in [7, 11) is -1.12. The van der Waals surface area contributed by atoms with Gasteiger partial charge in [0.1, 0.15) is 22.7 Å². The van der Waals surface area contributed by atoms with Crippen LogP contribution in [0.5, 0.6) is 0 Å². The van der Waals surface area contributed by atoms with Crippen molar-refractivity contribution in [2.45, 2.75) is 0 Å². The van der Waals surface area contributed by atoms with Gasteiger partial charge in [-0.2, -0.15) is 17.8 Å². The Morgan fingerprint density at radius 2 is 1.75 bits per heavy atom. The zero-order valence-corrected chi connectivity index (χ0v) is 17.7. The largest absolute Gasteiger partial charge is 0.323 e. The van der Waals surface area contributed by atoms with Gasteiger partial charge < -0.3 is 0 Å². The smallest absolute Gasteiger partial charge is 0.244 e. The number of benzene rings is 2. The molecule has 0 N–H and O–H groups in total. The number of pyridine rings is 1. The van der Waals surface area contributed by atoms with Crippen molar-refractivity contribution in [3.05, 3.63) is 57.8 Å². The quantitative estimate of drug-likeness (QED) is 0.391. The Labute approximate surface area is 173 Å². The molecule has 2 aromatic heterocycles. The highest BCUT2D eigenvalue weighted by atomic mass is 127. The highest BCUT2D eigenvalue weighted by molar-refractivity contribution is 14.1. The fourth-order valence-electron chi connectivity index (χ4n) is 2.99. The Hall–Kier alpha value is -2.18. The molecule has 4 aromatic rings. The molecule has 0 amide bonds. The van der Waals surface area contributed by atoms with Gasteiger partial charge in [0.05, 0.1) is 17.5 Å². The molecule has 0 saturated carbocycles. The van der Waals surface area contributed by atoms with Gasteiger partial charge in [-0.1, -0.05) is 12.1 Å². The van der Waals surface area contributed by atoms with Crippen LogP contribution in [0.25, 0.3) is 33.1 Å². The van der Waals surface area contributed by atoms with Crippen LogP contribution in [0.3, 0.4) is 0 Å². The molecule has 2 aromatic carbocycles. The molecular weight excluding hydrogens is 501 g/mol. The fourth-order valence-corrected chi connectivity index (χ4v) is 4.38. The minimum atomic E-state index is -3.91. The average molecular weight is 514 g/mol. The van der Waals surface area contributed by atoms with Crippen molar-refractivity contribution in [3.63, 3.8) is 0 Å². The Morgan fingerprint density at radius 1 is 1.07 bits per heavy atom. The Balaban J connectivity index is 2.20. The van der Waals surface area contributed by atoms with Gasteiger partial charge in [-0.15, -0.1) is 4.09 Å². The molecule has 144 valence electrons. The zero-order valence-electron chi connectivity index (χ0n) is 14.7. The van der Waals surface area contributed by atoms with Crippen LogP contribution in [0.2, 0.25) is 0 Å². The van der Waals surface area contributed by atoms with E-state index < -0.39 is 21.8 Å². The number of rotatable bonds is 3. The lowest BCUT2D eigenvalue weighted by Gasteiger charge is -2.14. The summed E-state index contributed by atoms with van der Waals surface area (Å²) in [6.45, 7) is 0. The molecular formula is C18H13F2IN4O2S. The maximum Gasteiger partial charge on any atom is 0.323 e. The van der Waals surface area contributed by atoms with Crippen molar-refractivity contribution in [3.8, 4) is 11.3 Å². The summed E-state index contributed by atoms with van der Waals surface area (Å²) in [6.07, 6.45) is 1.27. The van der Waals surface area contributed by atoms with Crippen molar-refractivity contribution < 1.29 is 17.2 Å². The second kappa shape index (κ2) is 6.71. The molecule has 0 aliphatic rings. The normalized spacial score (nSPS) is 12.4. The summed E-state index contributed by atoms with van der Waals surface area (Å²) in [5, 5.41) is 4.88. The standard InChI is InChI=1S/C18H13F2IN4O2S/c1-24(2)28(26,27)25-18-11-7-6-10(21)8-12(11)17(23-15(18)9-22-25)16-13(19)4-3-5-14(16)20/h3-9H,1-2H3. The van der Waals surface area contributed by atoms with E-state index in [4.69, 9.17) is 0 Å². The van der Waals surface area contributed by atoms with Gasteiger partial charge in [0, 0.05) is 28.4 Å². The molecule has 28 heavy (non-hydrogen) atoms. The van der Waals surface area contributed by atoms with Crippen molar-refractivity contribution in [2.75, 3.05) is 14.1 Å². The molecule has 2 heterocycles. The Kier molecular flexibility index (Phi) is 4.59. The van der Waals surface area contributed by atoms with E-state index >= 15 is 0 Å². The van der Waals surface area contributed by atoms with Crippen LogP contribution in [0.1, 0.15) is 0 Å². The molecule has 0 radical (unpaired) electrons. The van der Waals surface area contributed by atoms with Crippen LogP contribution in [0.15, 0.2) is 42.6 Å². The summed E-state index contributed by atoms with van der Waals surface area (Å²) in [5.41, 5.74) is 0.301. The minimum absolute atomic E-state index is 0.0958. The van der Waals surface area contributed by atoms with E-state index in [-0.39, 0.29) is 22.3 Å². The summed E-state index contributed by atoms with van der Waals surface area (Å²) in [4.78, 5) is 4.38. The number of hydrogen-bond donors (Lipinski definition) is 0. The lowest BCUT2D eigenvalue weighted by molar-refractivity contribution is 0.506. The molecule has 6 nitrogen and oxygen atoms in total. The first-order valence-electron chi connectivity index (χ1n) is 8.06. The molecule has 10 heteroatoms. The summed E-state index contributed by atoms with van der Waals surface area (Å²) >= 11 is 2.07. The third kappa shape index (κ3) is 2.86. The van der Waals surface area contributed by atoms with Crippen LogP contribution in [0, 0.1) is 15.2 Å². The predicted octanol–water partition coefficient (Wildman–Crippen LogP) is 3.79. The van der Waals surface area contributed by atoms with Gasteiger partial charge in [0.25, 0.3) is 0 Å². The second-order valence-electron chi connectivity index (χ2n) is 6.26. The third-order valence-electron chi connectivity index (χ3n) is 4.32. The van der Waals surface area contributed by atoms with Gasteiger partial charge in [-0.05, 0) is 46.9 Å². The molecule has 0 spiro atoms. The van der Waals surface area contributed by atoms with E-state index in [1.807, 2.05) is 0 Å². The van der Waals surface area contributed by atoms with E-state index in [2.05, 4.69) is 32.7 Å². The number of aromatic nitrogens is 3. The molecule has 0 fully saturated rings. The topological polar surface area (TPSA) is 68.1 Å². The molecule has 0 unspecified atom stereocenters. The van der Waals surface area contributed by atoms with E-state index in [9.17, 15) is 17.2 Å². The average Bonchev–Trinajstić information content (AvgIpc) is 3.06. The third-order valence-corrected chi connectivity index (χ3v) is 6.63. The number of halogens is 3. The fraction of sp³-hybridized carbons (Fsp3) is 0.111. The van der Waals surface area contributed by atoms with Gasteiger partial charge in [-0.3, -0.25) is 0 Å². The maximum absolute atomic E-state index is 14.5. The number of nitrogens with zero attached hydrogens (tertiary/aromatic N) is 4. The van der Waals surface area contributed by atoms with E-state index in [0.29, 0.717) is 10.8 Å². The van der Waals surface area contributed by atoms with Gasteiger partial charge in [0.2, 0.25) is 0 Å². The van der Waals surface area contributed by atoms with Crippen LogP contribution >= 0.6 is 22.6 Å². The Morgan fingerprint density at radius 3 is 2.39 bits per heavy atom. The van der Waals surface area contributed by atoms with Gasteiger partial charge in [0.15, 0.2) is 0 Å². The highest BCUT2D eigenvalue weighted by Crippen LogP contribution is 2.36. The van der Waals surface area contributed by atoms with Crippen molar-refractivity contribution in [1.29, 1.82) is 0 Å². The van der Waals surface area contributed by atoms with E-state index in [1.165, 1.54) is 26.4 Å². The van der Waals surface area contributed by atoms with Crippen molar-refractivity contribution >= 4 is 54.6 Å². The van der Waals surface area contributed by atoms with E-state index in [1.54, 1.807) is 18.2 Å². The number of hydrogen-bond acceptors (Lipinski definition) is 4. The SMILES string of the molecule is CN(C)S(=O)(=O)n1ncc2nc(-c3c(F)cccc3F)c3cc(I)ccc3c21. The minimum Gasteiger partial charge on any atom is -0.244 e. The van der Waals surface area contributed by atoms with Crippen LogP contribution in [-0.4, -0.2) is 41.0 Å². The summed E-state index contributed by atoms with van der Waals surface area (Å²) < 4.78 is 57.0. The lowest BCUT2D eigenvalue weighted by Crippen LogP contribution is -2.29. The molecule has 4 rings (SSSR count). The zero-order chi connectivity index (χ0) is 20.2. The molecule has 0 atom stereocenters. The number of fused-ring (bicyclic) bond motifs is 3. The molecule has 0 aliphatic carbocycles. The van der Waals surface area contributed by atoms with Gasteiger partial charge in [-0.25, -0.2) is 13.8 Å². The second-order valence-corrected chi connectivity index (χ2v) is 9.48. The summed E-state index contributed by atoms with van der Waals surface area (Å²) in [6, 6.07) is 8.79. The Bertz CT molecular complexity index is 1330. The van der Waals surface area contributed by atoms with Crippen LogP contribution < -0.4 is 0 Å². The molecule has 0 saturated heterocycles. The highest BCUT2D eigenvalue weighted by Gasteiger charge is 2.25. The first-order valence-corrected chi connectivity index (χ1v) is 10.5. The monoisotopic (exact) mass is 514 g/mol. The molecule has 0 bridgehead atoms. The van der Waals surface area contributed by atoms with Crippen molar-refractivity contribution in [2.24, 2.45) is 0 Å². The predicted molar refractivity (Wildman–Crippen MR) is 111 cm³/mol. The van der Waals surface area contributed by atoms with Gasteiger partial charge >= 0.3 is 10.2 Å².